The molecule has 0 aromatic carbocycles. The predicted molar refractivity (Wildman–Crippen MR) is 114 cm³/mol. The first-order valence-electron chi connectivity index (χ1n) is 12.1. The largest absolute Gasteiger partial charge is 0.319 e. The zero-order chi connectivity index (χ0) is 18.9. The van der Waals surface area contributed by atoms with E-state index < -0.39 is 0 Å². The summed E-state index contributed by atoms with van der Waals surface area (Å²) >= 11 is 0. The van der Waals surface area contributed by atoms with Crippen molar-refractivity contribution in [2.45, 2.75) is 128 Å². The summed E-state index contributed by atoms with van der Waals surface area (Å²) in [6.07, 6.45) is 22.2. The summed E-state index contributed by atoms with van der Waals surface area (Å²) < 4.78 is 0. The Morgan fingerprint density at radius 2 is 1.44 bits per heavy atom. The highest BCUT2D eigenvalue weighted by Gasteiger charge is 2.39. The number of hydrogen-bond donors (Lipinski definition) is 1. The van der Waals surface area contributed by atoms with Crippen LogP contribution in [0.5, 0.6) is 0 Å². The highest BCUT2D eigenvalue weighted by Crippen LogP contribution is 2.36. The Morgan fingerprint density at radius 3 is 2.07 bits per heavy atom. The maximum absolute atomic E-state index is 13.0. The van der Waals surface area contributed by atoms with Crippen molar-refractivity contribution in [2.24, 2.45) is 0 Å². The van der Waals surface area contributed by atoms with Crippen LogP contribution in [0.2, 0.25) is 0 Å². The van der Waals surface area contributed by atoms with Crippen LogP contribution in [-0.2, 0) is 4.79 Å². The molecule has 1 aliphatic heterocycles. The van der Waals surface area contributed by atoms with Gasteiger partial charge in [0.15, 0.2) is 0 Å². The Morgan fingerprint density at radius 1 is 0.852 bits per heavy atom. The van der Waals surface area contributed by atoms with Gasteiger partial charge in [0.25, 0.3) is 5.91 Å². The Kier molecular flexibility index (Phi) is 8.70. The van der Waals surface area contributed by atoms with Crippen LogP contribution in [0.25, 0.3) is 0 Å². The molecule has 154 valence electrons. The van der Waals surface area contributed by atoms with Gasteiger partial charge in [-0.25, -0.2) is 0 Å². The molecule has 2 aliphatic carbocycles. The Labute approximate surface area is 167 Å². The SMILES string of the molecule is CCCCN1C(=O)C2=C(CCCC2)C1NC1CCCCCCCCCCC1. The Hall–Kier alpha value is -0.830. The van der Waals surface area contributed by atoms with Gasteiger partial charge in [0.2, 0.25) is 0 Å². The van der Waals surface area contributed by atoms with E-state index in [0.717, 1.165) is 32.2 Å². The van der Waals surface area contributed by atoms with Crippen molar-refractivity contribution in [3.8, 4) is 0 Å². The van der Waals surface area contributed by atoms with E-state index in [1.54, 1.807) is 0 Å². The summed E-state index contributed by atoms with van der Waals surface area (Å²) in [4.78, 5) is 15.2. The maximum Gasteiger partial charge on any atom is 0.251 e. The minimum atomic E-state index is 0.206. The first kappa shape index (κ1) is 20.9. The maximum atomic E-state index is 13.0. The topological polar surface area (TPSA) is 32.3 Å². The standard InChI is InChI=1S/C24H42N2O/c1-2-3-19-26-23(21-17-13-14-18-22(21)24(26)27)25-20-15-11-9-7-5-4-6-8-10-12-16-20/h20,23,25H,2-19H2,1H3. The van der Waals surface area contributed by atoms with Crippen molar-refractivity contribution < 1.29 is 4.79 Å². The lowest BCUT2D eigenvalue weighted by atomic mass is 9.91. The summed E-state index contributed by atoms with van der Waals surface area (Å²) in [6, 6.07) is 0.583. The number of nitrogens with one attached hydrogen (secondary N) is 1. The average molecular weight is 375 g/mol. The van der Waals surface area contributed by atoms with Gasteiger partial charge in [-0.1, -0.05) is 71.1 Å². The van der Waals surface area contributed by atoms with Gasteiger partial charge in [-0.3, -0.25) is 10.1 Å². The Bertz CT molecular complexity index is 487. The number of unbranched alkanes of at least 4 members (excludes halogenated alkanes) is 1. The predicted octanol–water partition coefficient (Wildman–Crippen LogP) is 6.09. The minimum absolute atomic E-state index is 0.206. The molecule has 0 aromatic heterocycles. The molecular weight excluding hydrogens is 332 g/mol. The molecule has 1 atom stereocenters. The van der Waals surface area contributed by atoms with Crippen molar-refractivity contribution in [2.75, 3.05) is 6.54 Å². The van der Waals surface area contributed by atoms with Gasteiger partial charge in [0.1, 0.15) is 6.17 Å². The molecule has 0 radical (unpaired) electrons. The quantitative estimate of drug-likeness (QED) is 0.631. The van der Waals surface area contributed by atoms with Crippen LogP contribution in [0.1, 0.15) is 116 Å². The lowest BCUT2D eigenvalue weighted by molar-refractivity contribution is -0.127. The van der Waals surface area contributed by atoms with E-state index in [9.17, 15) is 4.79 Å². The smallest absolute Gasteiger partial charge is 0.251 e. The fourth-order valence-electron chi connectivity index (χ4n) is 5.26. The van der Waals surface area contributed by atoms with Crippen molar-refractivity contribution in [1.82, 2.24) is 10.2 Å². The third-order valence-electron chi connectivity index (χ3n) is 6.92. The van der Waals surface area contributed by atoms with Gasteiger partial charge < -0.3 is 4.90 Å². The zero-order valence-corrected chi connectivity index (χ0v) is 17.7. The molecular formula is C24H42N2O. The van der Waals surface area contributed by atoms with Crippen molar-refractivity contribution in [3.05, 3.63) is 11.1 Å². The zero-order valence-electron chi connectivity index (χ0n) is 17.7. The minimum Gasteiger partial charge on any atom is -0.319 e. The van der Waals surface area contributed by atoms with Crippen LogP contribution >= 0.6 is 0 Å². The van der Waals surface area contributed by atoms with Crippen molar-refractivity contribution in [3.63, 3.8) is 0 Å². The molecule has 0 spiro atoms. The average Bonchev–Trinajstić information content (AvgIpc) is 2.94. The van der Waals surface area contributed by atoms with E-state index in [4.69, 9.17) is 0 Å². The van der Waals surface area contributed by atoms with Crippen LogP contribution in [0.4, 0.5) is 0 Å². The van der Waals surface area contributed by atoms with Gasteiger partial charge in [-0.2, -0.15) is 0 Å². The number of carbonyl (C=O) groups excluding carboxylic acids is 1. The first-order chi connectivity index (χ1) is 13.3. The number of hydrogen-bond acceptors (Lipinski definition) is 2. The fourth-order valence-corrected chi connectivity index (χ4v) is 5.26. The fraction of sp³-hybridized carbons (Fsp3) is 0.875. The van der Waals surface area contributed by atoms with Crippen LogP contribution in [0.3, 0.4) is 0 Å². The van der Waals surface area contributed by atoms with Crippen LogP contribution in [-0.4, -0.2) is 29.6 Å². The molecule has 3 aliphatic rings. The van der Waals surface area contributed by atoms with Gasteiger partial charge in [-0.15, -0.1) is 0 Å². The second-order valence-corrected chi connectivity index (χ2v) is 9.09. The molecule has 1 heterocycles. The molecule has 1 unspecified atom stereocenters. The normalized spacial score (nSPS) is 26.6. The highest BCUT2D eigenvalue weighted by atomic mass is 16.2. The van der Waals surface area contributed by atoms with Gasteiger partial charge in [0, 0.05) is 18.2 Å². The Balaban J connectivity index is 1.66. The van der Waals surface area contributed by atoms with E-state index in [0.29, 0.717) is 11.9 Å². The third-order valence-corrected chi connectivity index (χ3v) is 6.92. The number of nitrogens with zero attached hydrogens (tertiary/aromatic N) is 1. The molecule has 0 aromatic rings. The van der Waals surface area contributed by atoms with Crippen LogP contribution in [0.15, 0.2) is 11.1 Å². The van der Waals surface area contributed by atoms with Crippen molar-refractivity contribution >= 4 is 5.91 Å². The van der Waals surface area contributed by atoms with Crippen LogP contribution < -0.4 is 5.32 Å². The molecule has 27 heavy (non-hydrogen) atoms. The van der Waals surface area contributed by atoms with Gasteiger partial charge in [0.05, 0.1) is 0 Å². The van der Waals surface area contributed by atoms with Gasteiger partial charge in [-0.05, 0) is 50.5 Å². The third kappa shape index (κ3) is 5.82. The van der Waals surface area contributed by atoms with E-state index >= 15 is 0 Å². The summed E-state index contributed by atoms with van der Waals surface area (Å²) in [5.74, 6) is 0.351. The van der Waals surface area contributed by atoms with E-state index in [1.165, 1.54) is 94.6 Å². The lowest BCUT2D eigenvalue weighted by Gasteiger charge is -2.32. The van der Waals surface area contributed by atoms with Crippen molar-refractivity contribution in [1.29, 1.82) is 0 Å². The van der Waals surface area contributed by atoms with E-state index in [2.05, 4.69) is 17.1 Å². The van der Waals surface area contributed by atoms with E-state index in [1.807, 2.05) is 0 Å². The summed E-state index contributed by atoms with van der Waals surface area (Å²) in [5.41, 5.74) is 2.62. The summed E-state index contributed by atoms with van der Waals surface area (Å²) in [6.45, 7) is 3.15. The number of carbonyl (C=O) groups is 1. The molecule has 1 saturated carbocycles. The monoisotopic (exact) mass is 374 g/mol. The second kappa shape index (κ2) is 11.2. The molecule has 3 heteroatoms. The molecule has 1 amide bonds. The number of rotatable bonds is 5. The van der Waals surface area contributed by atoms with Crippen LogP contribution in [0, 0.1) is 0 Å². The van der Waals surface area contributed by atoms with Gasteiger partial charge >= 0.3 is 0 Å². The summed E-state index contributed by atoms with van der Waals surface area (Å²) in [7, 11) is 0. The molecule has 1 fully saturated rings. The molecule has 1 N–H and O–H groups in total. The highest BCUT2D eigenvalue weighted by molar-refractivity contribution is 5.97. The lowest BCUT2D eigenvalue weighted by Crippen LogP contribution is -2.49. The first-order valence-corrected chi connectivity index (χ1v) is 12.1. The summed E-state index contributed by atoms with van der Waals surface area (Å²) in [5, 5.41) is 4.01. The van der Waals surface area contributed by atoms with E-state index in [-0.39, 0.29) is 6.17 Å². The molecule has 3 rings (SSSR count). The second-order valence-electron chi connectivity index (χ2n) is 9.09. The number of amides is 1. The molecule has 0 saturated heterocycles. The molecule has 0 bridgehead atoms. The molecule has 3 nitrogen and oxygen atoms in total.